The molecule has 1 aromatic carbocycles. The summed E-state index contributed by atoms with van der Waals surface area (Å²) >= 11 is 0. The zero-order valence-electron chi connectivity index (χ0n) is 9.42. The van der Waals surface area contributed by atoms with E-state index in [-0.39, 0.29) is 5.75 Å². The van der Waals surface area contributed by atoms with Gasteiger partial charge in [-0.2, -0.15) is 0 Å². The number of phenolic OH excluding ortho intramolecular Hbond substituents is 1. The van der Waals surface area contributed by atoms with Crippen molar-refractivity contribution in [2.75, 3.05) is 7.11 Å². The molecule has 16 heavy (non-hydrogen) atoms. The maximum atomic E-state index is 9.58. The lowest BCUT2D eigenvalue weighted by molar-refractivity contribution is 0.397. The van der Waals surface area contributed by atoms with Crippen LogP contribution in [0, 0.1) is 30.8 Å². The van der Waals surface area contributed by atoms with Gasteiger partial charge in [0, 0.05) is 23.6 Å². The zero-order chi connectivity index (χ0) is 12.0. The van der Waals surface area contributed by atoms with Crippen molar-refractivity contribution in [2.45, 2.75) is 13.8 Å². The summed E-state index contributed by atoms with van der Waals surface area (Å²) in [6.45, 7) is 3.45. The summed E-state index contributed by atoms with van der Waals surface area (Å²) in [5.74, 6) is 8.75. The first kappa shape index (κ1) is 11.8. The van der Waals surface area contributed by atoms with Crippen molar-refractivity contribution in [3.8, 4) is 41.1 Å². The first-order valence-corrected chi connectivity index (χ1v) is 4.65. The average Bonchev–Trinajstić information content (AvgIpc) is 2.29. The molecule has 0 aliphatic carbocycles. The lowest BCUT2D eigenvalue weighted by atomic mass is 10.2. The molecule has 0 aliphatic heterocycles. The van der Waals surface area contributed by atoms with Crippen LogP contribution in [0.2, 0.25) is 0 Å². The fourth-order valence-electron chi connectivity index (χ4n) is 1.09. The molecule has 1 rings (SSSR count). The monoisotopic (exact) mass is 216 g/mol. The van der Waals surface area contributed by atoms with E-state index < -0.39 is 0 Å². The lowest BCUT2D eigenvalue weighted by Gasteiger charge is -2.07. The van der Waals surface area contributed by atoms with Crippen LogP contribution in [0.4, 0.5) is 0 Å². The summed E-state index contributed by atoms with van der Waals surface area (Å²) in [6, 6.07) is 3.13. The lowest BCUT2D eigenvalue weighted by Crippen LogP contribution is -1.90. The Balaban J connectivity index is 2.94. The van der Waals surface area contributed by atoms with Gasteiger partial charge in [-0.05, 0) is 19.8 Å². The third-order valence-corrected chi connectivity index (χ3v) is 1.93. The highest BCUT2D eigenvalue weighted by molar-refractivity contribution is 5.49. The molecule has 0 aromatic heterocycles. The van der Waals surface area contributed by atoms with Crippen LogP contribution >= 0.6 is 0 Å². The molecule has 3 heteroatoms. The average molecular weight is 216 g/mol. The second-order valence-electron chi connectivity index (χ2n) is 2.97. The van der Waals surface area contributed by atoms with Crippen LogP contribution in [0.5, 0.6) is 17.2 Å². The van der Waals surface area contributed by atoms with Gasteiger partial charge in [0.15, 0.2) is 0 Å². The summed E-state index contributed by atoms with van der Waals surface area (Å²) in [6.07, 6.45) is 2.41. The zero-order valence-corrected chi connectivity index (χ0v) is 9.42. The normalized spacial score (nSPS) is 8.19. The maximum absolute atomic E-state index is 9.58. The van der Waals surface area contributed by atoms with E-state index in [0.29, 0.717) is 17.1 Å². The Hall–Kier alpha value is -2.26. The SMILES string of the molecule is CC#CC#COc1cc(O)c(C)c(OC)c1. The van der Waals surface area contributed by atoms with E-state index >= 15 is 0 Å². The minimum atomic E-state index is 0.109. The summed E-state index contributed by atoms with van der Waals surface area (Å²) in [4.78, 5) is 0. The number of aromatic hydroxyl groups is 1. The summed E-state index contributed by atoms with van der Waals surface area (Å²) in [7, 11) is 1.53. The van der Waals surface area contributed by atoms with Gasteiger partial charge in [-0.1, -0.05) is 5.92 Å². The molecule has 0 radical (unpaired) electrons. The highest BCUT2D eigenvalue weighted by Gasteiger charge is 2.06. The van der Waals surface area contributed by atoms with Crippen LogP contribution in [-0.4, -0.2) is 12.2 Å². The van der Waals surface area contributed by atoms with E-state index in [0.717, 1.165) is 0 Å². The van der Waals surface area contributed by atoms with Crippen LogP contribution < -0.4 is 9.47 Å². The molecule has 0 fully saturated rings. The molecule has 0 spiro atoms. The first-order chi connectivity index (χ1) is 7.69. The molecule has 1 N–H and O–H groups in total. The van der Waals surface area contributed by atoms with Crippen LogP contribution in [0.3, 0.4) is 0 Å². The largest absolute Gasteiger partial charge is 0.507 e. The van der Waals surface area contributed by atoms with Gasteiger partial charge in [0.1, 0.15) is 23.4 Å². The molecule has 0 unspecified atom stereocenters. The fourth-order valence-corrected chi connectivity index (χ4v) is 1.09. The first-order valence-electron chi connectivity index (χ1n) is 4.65. The van der Waals surface area contributed by atoms with Crippen molar-refractivity contribution in [3.63, 3.8) is 0 Å². The second-order valence-corrected chi connectivity index (χ2v) is 2.97. The molecule has 0 heterocycles. The van der Waals surface area contributed by atoms with Gasteiger partial charge in [0.25, 0.3) is 0 Å². The predicted molar refractivity (Wildman–Crippen MR) is 61.2 cm³/mol. The molecular formula is C13H12O3. The minimum Gasteiger partial charge on any atom is -0.507 e. The number of hydrogen-bond donors (Lipinski definition) is 1. The Kier molecular flexibility index (Phi) is 4.12. The van der Waals surface area contributed by atoms with Gasteiger partial charge in [-0.15, -0.1) is 0 Å². The molecule has 0 amide bonds. The molecule has 3 nitrogen and oxygen atoms in total. The maximum Gasteiger partial charge on any atom is 0.147 e. The van der Waals surface area contributed by atoms with Crippen molar-refractivity contribution >= 4 is 0 Å². The van der Waals surface area contributed by atoms with E-state index in [1.807, 2.05) is 0 Å². The fraction of sp³-hybridized carbons (Fsp3) is 0.231. The Labute approximate surface area is 95.0 Å². The molecule has 0 aliphatic rings. The van der Waals surface area contributed by atoms with Gasteiger partial charge >= 0.3 is 0 Å². The van der Waals surface area contributed by atoms with Gasteiger partial charge in [-0.25, -0.2) is 0 Å². The van der Waals surface area contributed by atoms with Crippen LogP contribution in [0.1, 0.15) is 12.5 Å². The van der Waals surface area contributed by atoms with Crippen molar-refractivity contribution in [2.24, 2.45) is 0 Å². The van der Waals surface area contributed by atoms with Crippen molar-refractivity contribution < 1.29 is 14.6 Å². The van der Waals surface area contributed by atoms with E-state index in [1.54, 1.807) is 19.9 Å². The van der Waals surface area contributed by atoms with Gasteiger partial charge in [0.2, 0.25) is 0 Å². The van der Waals surface area contributed by atoms with Crippen molar-refractivity contribution in [1.29, 1.82) is 0 Å². The van der Waals surface area contributed by atoms with Gasteiger partial charge in [-0.3, -0.25) is 0 Å². The number of ether oxygens (including phenoxy) is 2. The van der Waals surface area contributed by atoms with Crippen LogP contribution in [0.25, 0.3) is 0 Å². The Morgan fingerprint density at radius 3 is 2.62 bits per heavy atom. The van der Waals surface area contributed by atoms with Gasteiger partial charge in [0.05, 0.1) is 7.11 Å². The Morgan fingerprint density at radius 2 is 2.00 bits per heavy atom. The summed E-state index contributed by atoms with van der Waals surface area (Å²) < 4.78 is 10.2. The number of phenols is 1. The quantitative estimate of drug-likeness (QED) is 0.769. The highest BCUT2D eigenvalue weighted by Crippen LogP contribution is 2.32. The van der Waals surface area contributed by atoms with E-state index in [9.17, 15) is 5.11 Å². The number of rotatable bonds is 2. The molecule has 1 aromatic rings. The molecule has 0 saturated carbocycles. The third-order valence-electron chi connectivity index (χ3n) is 1.93. The third kappa shape index (κ3) is 2.87. The van der Waals surface area contributed by atoms with Crippen molar-refractivity contribution in [3.05, 3.63) is 17.7 Å². The molecular weight excluding hydrogens is 204 g/mol. The Morgan fingerprint density at radius 1 is 1.25 bits per heavy atom. The number of benzene rings is 1. The van der Waals surface area contributed by atoms with Crippen molar-refractivity contribution in [1.82, 2.24) is 0 Å². The molecule has 0 atom stereocenters. The molecule has 82 valence electrons. The van der Waals surface area contributed by atoms with E-state index in [4.69, 9.17) is 9.47 Å². The number of methoxy groups -OCH3 is 1. The smallest absolute Gasteiger partial charge is 0.147 e. The highest BCUT2D eigenvalue weighted by atomic mass is 16.5. The predicted octanol–water partition coefficient (Wildman–Crippen LogP) is 2.07. The number of hydrogen-bond acceptors (Lipinski definition) is 3. The minimum absolute atomic E-state index is 0.109. The molecule has 0 saturated heterocycles. The Bertz CT molecular complexity index is 496. The van der Waals surface area contributed by atoms with Crippen LogP contribution in [0.15, 0.2) is 12.1 Å². The standard InChI is InChI=1S/C13H12O3/c1-4-5-6-7-16-11-8-12(14)10(2)13(9-11)15-3/h8-9,14H,1-3H3. The summed E-state index contributed by atoms with van der Waals surface area (Å²) in [5.41, 5.74) is 0.663. The van der Waals surface area contributed by atoms with Gasteiger partial charge < -0.3 is 14.6 Å². The topological polar surface area (TPSA) is 38.7 Å². The second kappa shape index (κ2) is 5.58. The summed E-state index contributed by atoms with van der Waals surface area (Å²) in [5, 5.41) is 9.58. The molecule has 0 bridgehead atoms. The van der Waals surface area contributed by atoms with E-state index in [2.05, 4.69) is 23.9 Å². The van der Waals surface area contributed by atoms with Crippen LogP contribution in [-0.2, 0) is 0 Å². The van der Waals surface area contributed by atoms with E-state index in [1.165, 1.54) is 13.2 Å².